The molecule has 0 aliphatic heterocycles. The van der Waals surface area contributed by atoms with Gasteiger partial charge >= 0.3 is 0 Å². The molecule has 0 saturated carbocycles. The zero-order chi connectivity index (χ0) is 47.3. The van der Waals surface area contributed by atoms with Crippen LogP contribution in [0.3, 0.4) is 0 Å². The van der Waals surface area contributed by atoms with Gasteiger partial charge in [0, 0.05) is 84.7 Å². The minimum atomic E-state index is 1.03. The van der Waals surface area contributed by atoms with Gasteiger partial charge in [-0.2, -0.15) is 0 Å². The Hall–Kier alpha value is -9.32. The van der Waals surface area contributed by atoms with E-state index in [2.05, 4.69) is 309 Å². The van der Waals surface area contributed by atoms with Crippen LogP contribution in [0, 0.1) is 0 Å². The number of hydrogen-bond donors (Lipinski definition) is 0. The van der Waals surface area contributed by atoms with Gasteiger partial charge in [0.15, 0.2) is 0 Å². The monoisotopic (exact) mass is 913 g/mol. The summed E-state index contributed by atoms with van der Waals surface area (Å²) < 4.78 is 2.40. The lowest BCUT2D eigenvalue weighted by atomic mass is 10.1. The van der Waals surface area contributed by atoms with Gasteiger partial charge in [-0.25, -0.2) is 0 Å². The van der Waals surface area contributed by atoms with Crippen LogP contribution in [0.1, 0.15) is 12.8 Å². The van der Waals surface area contributed by atoms with E-state index >= 15 is 0 Å². The van der Waals surface area contributed by atoms with Crippen molar-refractivity contribution in [3.8, 4) is 5.69 Å². The maximum Gasteiger partial charge on any atom is 0.0542 e. The first-order valence-corrected chi connectivity index (χ1v) is 24.4. The van der Waals surface area contributed by atoms with Gasteiger partial charge in [-0.15, -0.1) is 0 Å². The molecule has 1 aliphatic rings. The van der Waals surface area contributed by atoms with Crippen molar-refractivity contribution in [1.82, 2.24) is 4.57 Å². The minimum absolute atomic E-state index is 1.03. The molecule has 0 unspecified atom stereocenters. The molecule has 71 heavy (non-hydrogen) atoms. The molecule has 0 bridgehead atoms. The summed E-state index contributed by atoms with van der Waals surface area (Å²) in [7, 11) is 0. The number of benzene rings is 10. The number of allylic oxidation sites excluding steroid dienone is 3. The Bertz CT molecular complexity index is 3570. The highest BCUT2D eigenvalue weighted by Crippen LogP contribution is 2.44. The fourth-order valence-corrected chi connectivity index (χ4v) is 10.1. The average molecular weight is 914 g/mol. The zero-order valence-corrected chi connectivity index (χ0v) is 39.3. The van der Waals surface area contributed by atoms with Crippen LogP contribution in [-0.4, -0.2) is 4.57 Å². The summed E-state index contributed by atoms with van der Waals surface area (Å²) in [5.74, 6) is 0. The fourth-order valence-electron chi connectivity index (χ4n) is 10.1. The Labute approximate surface area is 416 Å². The Morgan fingerprint density at radius 2 is 0.563 bits per heavy atom. The normalized spacial score (nSPS) is 12.1. The molecule has 340 valence electrons. The molecule has 0 saturated heterocycles. The van der Waals surface area contributed by atoms with Crippen molar-refractivity contribution in [2.75, 3.05) is 19.6 Å². The van der Waals surface area contributed by atoms with Crippen LogP contribution in [0.5, 0.6) is 0 Å². The highest BCUT2D eigenvalue weighted by molar-refractivity contribution is 6.12. The molecule has 11 aromatic rings. The molecule has 1 aliphatic carbocycles. The molecule has 0 fully saturated rings. The second kappa shape index (κ2) is 19.4. The number of aromatic nitrogens is 1. The van der Waals surface area contributed by atoms with Crippen molar-refractivity contribution in [3.63, 3.8) is 0 Å². The van der Waals surface area contributed by atoms with Gasteiger partial charge in [0.25, 0.3) is 0 Å². The molecule has 1 aromatic heterocycles. The molecule has 5 heteroatoms. The van der Waals surface area contributed by atoms with Crippen molar-refractivity contribution in [2.24, 2.45) is 0 Å². The Kier molecular flexibility index (Phi) is 11.7. The number of nitrogens with zero attached hydrogens (tertiary/aromatic N) is 5. The molecular weight excluding hydrogens is 863 g/mol. The van der Waals surface area contributed by atoms with Crippen molar-refractivity contribution in [1.29, 1.82) is 0 Å². The summed E-state index contributed by atoms with van der Waals surface area (Å²) in [6.07, 6.45) is 8.95. The molecule has 0 atom stereocenters. The first kappa shape index (κ1) is 43.0. The second-order valence-electron chi connectivity index (χ2n) is 17.7. The van der Waals surface area contributed by atoms with Crippen LogP contribution in [0.15, 0.2) is 291 Å². The quantitative estimate of drug-likeness (QED) is 0.115. The molecule has 0 spiro atoms. The van der Waals surface area contributed by atoms with E-state index in [0.717, 1.165) is 103 Å². The maximum atomic E-state index is 2.40. The molecule has 5 nitrogen and oxygen atoms in total. The van der Waals surface area contributed by atoms with Crippen LogP contribution in [0.4, 0.5) is 62.6 Å². The predicted octanol–water partition coefficient (Wildman–Crippen LogP) is 18.6. The minimum Gasteiger partial charge on any atom is -0.311 e. The van der Waals surface area contributed by atoms with Crippen LogP contribution in [-0.2, 0) is 0 Å². The van der Waals surface area contributed by atoms with Crippen LogP contribution < -0.4 is 19.6 Å². The van der Waals surface area contributed by atoms with Gasteiger partial charge in [-0.1, -0.05) is 121 Å². The molecule has 0 N–H and O–H groups in total. The van der Waals surface area contributed by atoms with Gasteiger partial charge in [-0.3, -0.25) is 0 Å². The fraction of sp³-hybridized carbons (Fsp3) is 0.0303. The number of rotatable bonds is 13. The highest BCUT2D eigenvalue weighted by Gasteiger charge is 2.22. The largest absolute Gasteiger partial charge is 0.311 e. The molecular formula is C66H51N5. The second-order valence-corrected chi connectivity index (χ2v) is 17.7. The predicted molar refractivity (Wildman–Crippen MR) is 300 cm³/mol. The smallest absolute Gasteiger partial charge is 0.0542 e. The van der Waals surface area contributed by atoms with Crippen molar-refractivity contribution in [3.05, 3.63) is 291 Å². The highest BCUT2D eigenvalue weighted by atomic mass is 15.2. The van der Waals surface area contributed by atoms with Crippen LogP contribution in [0.2, 0.25) is 0 Å². The van der Waals surface area contributed by atoms with Gasteiger partial charge in [-0.05, 0) is 177 Å². The first-order chi connectivity index (χ1) is 35.2. The summed E-state index contributed by atoms with van der Waals surface area (Å²) in [4.78, 5) is 9.39. The molecule has 1 heterocycles. The van der Waals surface area contributed by atoms with Crippen molar-refractivity contribution >= 4 is 84.4 Å². The van der Waals surface area contributed by atoms with Gasteiger partial charge in [0.2, 0.25) is 0 Å². The molecule has 12 rings (SSSR count). The zero-order valence-electron chi connectivity index (χ0n) is 39.3. The van der Waals surface area contributed by atoms with E-state index in [1.54, 1.807) is 0 Å². The lowest BCUT2D eigenvalue weighted by Crippen LogP contribution is -2.16. The van der Waals surface area contributed by atoms with E-state index in [-0.39, 0.29) is 0 Å². The summed E-state index contributed by atoms with van der Waals surface area (Å²) in [6.45, 7) is 0. The van der Waals surface area contributed by atoms with E-state index in [1.165, 1.54) is 5.70 Å². The maximum absolute atomic E-state index is 2.40. The van der Waals surface area contributed by atoms with E-state index in [9.17, 15) is 0 Å². The van der Waals surface area contributed by atoms with E-state index in [0.29, 0.717) is 0 Å². The number of anilines is 11. The summed E-state index contributed by atoms with van der Waals surface area (Å²) in [5, 5.41) is 2.33. The average Bonchev–Trinajstić information content (AvgIpc) is 3.77. The SMILES string of the molecule is C1=CC(N(c2ccccc2)c2ccc(N(c3ccccc3)c3ccc4c(c3)c3cc(N(c5ccccc5)c5ccc(N(c6ccccc6)c6ccccc6)cc5)ccc3n4-c3ccccc3)cc2)=CCC1. The van der Waals surface area contributed by atoms with Gasteiger partial charge in [0.05, 0.1) is 11.0 Å². The number of hydrogen-bond acceptors (Lipinski definition) is 4. The van der Waals surface area contributed by atoms with E-state index in [4.69, 9.17) is 0 Å². The van der Waals surface area contributed by atoms with E-state index in [1.807, 2.05) is 0 Å². The Morgan fingerprint density at radius 3 is 0.915 bits per heavy atom. The van der Waals surface area contributed by atoms with E-state index < -0.39 is 0 Å². The van der Waals surface area contributed by atoms with Crippen LogP contribution in [0.25, 0.3) is 27.5 Å². The third-order valence-corrected chi connectivity index (χ3v) is 13.3. The Balaban J connectivity index is 0.990. The topological polar surface area (TPSA) is 17.9 Å². The summed E-state index contributed by atoms with van der Waals surface area (Å²) in [6, 6.07) is 95.7. The summed E-state index contributed by atoms with van der Waals surface area (Å²) >= 11 is 0. The Morgan fingerprint density at radius 1 is 0.268 bits per heavy atom. The number of fused-ring (bicyclic) bond motifs is 3. The molecule has 0 amide bonds. The third kappa shape index (κ3) is 8.51. The number of para-hydroxylation sites is 6. The summed E-state index contributed by atoms with van der Waals surface area (Å²) in [5.41, 5.74) is 16.6. The first-order valence-electron chi connectivity index (χ1n) is 24.4. The van der Waals surface area contributed by atoms with Gasteiger partial charge < -0.3 is 24.2 Å². The van der Waals surface area contributed by atoms with Crippen molar-refractivity contribution in [2.45, 2.75) is 12.8 Å². The van der Waals surface area contributed by atoms with Crippen molar-refractivity contribution < 1.29 is 0 Å². The third-order valence-electron chi connectivity index (χ3n) is 13.3. The van der Waals surface area contributed by atoms with Crippen LogP contribution >= 0.6 is 0 Å². The molecule has 0 radical (unpaired) electrons. The standard InChI is InChI=1S/C66H51N5/c1-8-22-50(23-9-1)67(51-24-10-2-11-25-51)57-36-40-59(41-37-57)69(54-30-16-5-17-31-54)61-44-46-65-63(48-61)64-49-62(45-47-66(64)71(65)56-34-20-7-21-35-56)70(55-32-18-6-19-33-55)60-42-38-58(39-43-60)68(52-26-12-3-13-27-52)53-28-14-4-15-29-53/h1-3,5-14,16-49H,4,15H2. The van der Waals surface area contributed by atoms with Gasteiger partial charge in [0.1, 0.15) is 0 Å². The lowest BCUT2D eigenvalue weighted by molar-refractivity contribution is 0.997. The lowest BCUT2D eigenvalue weighted by Gasteiger charge is -2.29. The molecule has 10 aromatic carbocycles.